The van der Waals surface area contributed by atoms with Gasteiger partial charge in [0.1, 0.15) is 0 Å². The number of amides is 3. The normalized spacial score (nSPS) is 13.1. The molecule has 0 N–H and O–H groups in total. The third kappa shape index (κ3) is 3.35. The SMILES string of the molecule is CCN(C(=O)CCN1C(=O)c2ccc(Br)cc2C1=O)c1ccccc1. The molecule has 5 nitrogen and oxygen atoms in total. The number of rotatable bonds is 5. The molecule has 0 saturated heterocycles. The number of fused-ring (bicyclic) bond motifs is 1. The standard InChI is InChI=1S/C19H17BrN2O3/c1-2-21(14-6-4-3-5-7-14)17(23)10-11-22-18(24)15-9-8-13(20)12-16(15)19(22)25/h3-9,12H,2,10-11H2,1H3. The third-order valence-corrected chi connectivity index (χ3v) is 4.66. The monoisotopic (exact) mass is 400 g/mol. The predicted octanol–water partition coefficient (Wildman–Crippen LogP) is 3.49. The number of nitrogens with zero attached hydrogens (tertiary/aromatic N) is 2. The number of benzene rings is 2. The van der Waals surface area contributed by atoms with Gasteiger partial charge in [-0.2, -0.15) is 0 Å². The molecule has 25 heavy (non-hydrogen) atoms. The highest BCUT2D eigenvalue weighted by Gasteiger charge is 2.35. The van der Waals surface area contributed by atoms with E-state index in [1.807, 2.05) is 37.3 Å². The van der Waals surface area contributed by atoms with Crippen LogP contribution in [0, 0.1) is 0 Å². The van der Waals surface area contributed by atoms with Gasteiger partial charge in [0, 0.05) is 29.7 Å². The number of halogens is 1. The first-order valence-electron chi connectivity index (χ1n) is 8.04. The average molecular weight is 401 g/mol. The highest BCUT2D eigenvalue weighted by atomic mass is 79.9. The lowest BCUT2D eigenvalue weighted by atomic mass is 10.1. The van der Waals surface area contributed by atoms with Gasteiger partial charge < -0.3 is 4.90 Å². The predicted molar refractivity (Wildman–Crippen MR) is 98.6 cm³/mol. The van der Waals surface area contributed by atoms with Crippen LogP contribution in [0.25, 0.3) is 0 Å². The van der Waals surface area contributed by atoms with Gasteiger partial charge in [-0.05, 0) is 37.3 Å². The van der Waals surface area contributed by atoms with Gasteiger partial charge in [-0.25, -0.2) is 0 Å². The molecule has 0 radical (unpaired) electrons. The van der Waals surface area contributed by atoms with Crippen LogP contribution in [0.2, 0.25) is 0 Å². The van der Waals surface area contributed by atoms with Gasteiger partial charge >= 0.3 is 0 Å². The first-order chi connectivity index (χ1) is 12.0. The fourth-order valence-corrected chi connectivity index (χ4v) is 3.28. The van der Waals surface area contributed by atoms with Crippen molar-refractivity contribution in [2.75, 3.05) is 18.0 Å². The van der Waals surface area contributed by atoms with Crippen LogP contribution in [0.1, 0.15) is 34.1 Å². The molecule has 0 saturated carbocycles. The smallest absolute Gasteiger partial charge is 0.261 e. The Morgan fingerprint density at radius 3 is 2.40 bits per heavy atom. The maximum Gasteiger partial charge on any atom is 0.261 e. The molecule has 1 aliphatic rings. The van der Waals surface area contributed by atoms with Crippen LogP contribution in [0.15, 0.2) is 53.0 Å². The molecule has 0 bridgehead atoms. The Balaban J connectivity index is 1.71. The number of hydrogen-bond donors (Lipinski definition) is 0. The van der Waals surface area contributed by atoms with Crippen molar-refractivity contribution in [1.82, 2.24) is 4.90 Å². The van der Waals surface area contributed by atoms with E-state index in [1.54, 1.807) is 23.1 Å². The average Bonchev–Trinajstić information content (AvgIpc) is 2.85. The number of imide groups is 1. The third-order valence-electron chi connectivity index (χ3n) is 4.17. The molecule has 1 heterocycles. The van der Waals surface area contributed by atoms with E-state index in [-0.39, 0.29) is 30.7 Å². The van der Waals surface area contributed by atoms with E-state index in [0.717, 1.165) is 15.1 Å². The molecular weight excluding hydrogens is 384 g/mol. The van der Waals surface area contributed by atoms with Crippen LogP contribution in [-0.2, 0) is 4.79 Å². The van der Waals surface area contributed by atoms with Crippen LogP contribution < -0.4 is 4.90 Å². The molecule has 0 atom stereocenters. The van der Waals surface area contributed by atoms with Gasteiger partial charge in [0.05, 0.1) is 11.1 Å². The number of hydrogen-bond acceptors (Lipinski definition) is 3. The zero-order valence-corrected chi connectivity index (χ0v) is 15.3. The molecule has 0 aromatic heterocycles. The fourth-order valence-electron chi connectivity index (χ4n) is 2.92. The zero-order valence-electron chi connectivity index (χ0n) is 13.7. The Kier molecular flexibility index (Phi) is 4.99. The highest BCUT2D eigenvalue weighted by molar-refractivity contribution is 9.10. The lowest BCUT2D eigenvalue weighted by Gasteiger charge is -2.22. The van der Waals surface area contributed by atoms with Crippen LogP contribution in [0.5, 0.6) is 0 Å². The molecule has 0 aliphatic carbocycles. The van der Waals surface area contributed by atoms with Gasteiger partial charge in [0.2, 0.25) is 5.91 Å². The summed E-state index contributed by atoms with van der Waals surface area (Å²) in [7, 11) is 0. The van der Waals surface area contributed by atoms with Crippen molar-refractivity contribution in [2.24, 2.45) is 0 Å². The number of anilines is 1. The summed E-state index contributed by atoms with van der Waals surface area (Å²) in [5, 5.41) is 0. The van der Waals surface area contributed by atoms with Crippen LogP contribution in [0.3, 0.4) is 0 Å². The maximum atomic E-state index is 12.5. The Bertz CT molecular complexity index is 836. The van der Waals surface area contributed by atoms with Gasteiger partial charge in [0.25, 0.3) is 11.8 Å². The number of para-hydroxylation sites is 1. The van der Waals surface area contributed by atoms with Crippen molar-refractivity contribution in [3.05, 3.63) is 64.1 Å². The maximum absolute atomic E-state index is 12.5. The van der Waals surface area contributed by atoms with Gasteiger partial charge in [-0.1, -0.05) is 34.1 Å². The van der Waals surface area contributed by atoms with E-state index in [2.05, 4.69) is 15.9 Å². The van der Waals surface area contributed by atoms with Crippen LogP contribution in [0.4, 0.5) is 5.69 Å². The highest BCUT2D eigenvalue weighted by Crippen LogP contribution is 2.26. The van der Waals surface area contributed by atoms with E-state index >= 15 is 0 Å². The van der Waals surface area contributed by atoms with Crippen LogP contribution in [-0.4, -0.2) is 35.7 Å². The Morgan fingerprint density at radius 2 is 1.72 bits per heavy atom. The first-order valence-corrected chi connectivity index (χ1v) is 8.83. The number of carbonyl (C=O) groups excluding carboxylic acids is 3. The van der Waals surface area contributed by atoms with Crippen molar-refractivity contribution in [1.29, 1.82) is 0 Å². The molecule has 2 aromatic carbocycles. The summed E-state index contributed by atoms with van der Waals surface area (Å²) in [4.78, 5) is 40.2. The van der Waals surface area contributed by atoms with Crippen molar-refractivity contribution >= 4 is 39.3 Å². The quantitative estimate of drug-likeness (QED) is 0.721. The van der Waals surface area contributed by atoms with Gasteiger partial charge in [-0.15, -0.1) is 0 Å². The Hall–Kier alpha value is -2.47. The molecule has 1 aliphatic heterocycles. The second kappa shape index (κ2) is 7.19. The van der Waals surface area contributed by atoms with E-state index in [9.17, 15) is 14.4 Å². The summed E-state index contributed by atoms with van der Waals surface area (Å²) in [5.74, 6) is -0.814. The fraction of sp³-hybridized carbons (Fsp3) is 0.211. The first kappa shape index (κ1) is 17.4. The summed E-state index contributed by atoms with van der Waals surface area (Å²) in [6, 6.07) is 14.3. The molecule has 6 heteroatoms. The minimum absolute atomic E-state index is 0.0755. The summed E-state index contributed by atoms with van der Waals surface area (Å²) >= 11 is 3.31. The molecule has 0 unspecified atom stereocenters. The van der Waals surface area contributed by atoms with E-state index in [0.29, 0.717) is 17.7 Å². The van der Waals surface area contributed by atoms with Crippen LogP contribution >= 0.6 is 15.9 Å². The Labute approximate surface area is 154 Å². The van der Waals surface area contributed by atoms with E-state index in [1.165, 1.54) is 0 Å². The van der Waals surface area contributed by atoms with Gasteiger partial charge in [0.15, 0.2) is 0 Å². The summed E-state index contributed by atoms with van der Waals surface area (Å²) in [5.41, 5.74) is 1.57. The summed E-state index contributed by atoms with van der Waals surface area (Å²) in [6.45, 7) is 2.49. The van der Waals surface area contributed by atoms with Crippen molar-refractivity contribution in [3.63, 3.8) is 0 Å². The molecule has 0 spiro atoms. The minimum atomic E-state index is -0.350. The molecular formula is C19H17BrN2O3. The lowest BCUT2D eigenvalue weighted by molar-refractivity contribution is -0.118. The summed E-state index contributed by atoms with van der Waals surface area (Å²) < 4.78 is 0.742. The van der Waals surface area contributed by atoms with Crippen molar-refractivity contribution in [2.45, 2.75) is 13.3 Å². The van der Waals surface area contributed by atoms with E-state index in [4.69, 9.17) is 0 Å². The topological polar surface area (TPSA) is 57.7 Å². The molecule has 3 amide bonds. The Morgan fingerprint density at radius 1 is 1.04 bits per heavy atom. The molecule has 128 valence electrons. The number of carbonyl (C=O) groups is 3. The summed E-state index contributed by atoms with van der Waals surface area (Å²) in [6.07, 6.45) is 0.0926. The van der Waals surface area contributed by atoms with Gasteiger partial charge in [-0.3, -0.25) is 19.3 Å². The lowest BCUT2D eigenvalue weighted by Crippen LogP contribution is -2.36. The molecule has 3 rings (SSSR count). The largest absolute Gasteiger partial charge is 0.313 e. The van der Waals surface area contributed by atoms with Crippen molar-refractivity contribution in [3.8, 4) is 0 Å². The second-order valence-electron chi connectivity index (χ2n) is 5.68. The molecule has 2 aromatic rings. The van der Waals surface area contributed by atoms with Crippen molar-refractivity contribution < 1.29 is 14.4 Å². The van der Waals surface area contributed by atoms with E-state index < -0.39 is 0 Å². The second-order valence-corrected chi connectivity index (χ2v) is 6.59. The molecule has 0 fully saturated rings. The minimum Gasteiger partial charge on any atom is -0.313 e. The zero-order chi connectivity index (χ0) is 18.0.